The standard InChI is InChI=1S/C28H36N6O3.C22H26N6O/c1-16(2)17-10-11-21-18(12-17)22(32-33(21)9)20-13-29-24-23(30-20)19(25(35)31-28(6,7)8)14-34(24)15-37-26(36)27(3,4)5;1-12(2)13-7-8-17-14(9-13)18(27-28(17)6)16-11-24-20-19(25-16)15(10-23-20)21(29)26-22(3,4)5/h10-14,16H,15H2,1-9H3,(H,31,35);7-12H,1-6H3,(H,23,24)(H,26,29). The topological polar surface area (TPSA) is 192 Å². The Hall–Kier alpha value is -6.97. The first kappa shape index (κ1) is 47.0. The van der Waals surface area contributed by atoms with Gasteiger partial charge in [0.05, 0.1) is 40.0 Å². The molecule has 66 heavy (non-hydrogen) atoms. The second kappa shape index (κ2) is 17.4. The molecule has 0 atom stereocenters. The van der Waals surface area contributed by atoms with Gasteiger partial charge in [0.1, 0.15) is 33.8 Å². The van der Waals surface area contributed by atoms with Crippen molar-refractivity contribution in [3.8, 4) is 22.8 Å². The number of esters is 1. The van der Waals surface area contributed by atoms with Crippen molar-refractivity contribution in [2.45, 2.75) is 120 Å². The van der Waals surface area contributed by atoms with Crippen LogP contribution in [0.15, 0.2) is 61.2 Å². The van der Waals surface area contributed by atoms with E-state index in [1.54, 1.807) is 50.1 Å². The minimum absolute atomic E-state index is 0.0757. The zero-order valence-corrected chi connectivity index (χ0v) is 40.8. The van der Waals surface area contributed by atoms with Gasteiger partial charge in [-0.25, -0.2) is 19.9 Å². The van der Waals surface area contributed by atoms with Gasteiger partial charge in [0.15, 0.2) is 18.0 Å². The molecule has 16 nitrogen and oxygen atoms in total. The summed E-state index contributed by atoms with van der Waals surface area (Å²) in [7, 11) is 3.82. The summed E-state index contributed by atoms with van der Waals surface area (Å²) in [6.45, 7) is 25.5. The fraction of sp³-hybridized carbons (Fsp3) is 0.420. The van der Waals surface area contributed by atoms with E-state index in [4.69, 9.17) is 19.8 Å². The predicted molar refractivity (Wildman–Crippen MR) is 259 cm³/mol. The second-order valence-corrected chi connectivity index (χ2v) is 20.6. The first-order valence-electron chi connectivity index (χ1n) is 22.3. The number of nitrogens with one attached hydrogen (secondary N) is 3. The van der Waals surface area contributed by atoms with Crippen LogP contribution in [-0.2, 0) is 30.4 Å². The van der Waals surface area contributed by atoms with Crippen molar-refractivity contribution in [2.75, 3.05) is 0 Å². The molecule has 6 heterocycles. The summed E-state index contributed by atoms with van der Waals surface area (Å²) in [5.41, 5.74) is 8.54. The molecule has 8 aromatic rings. The molecule has 0 aliphatic heterocycles. The zero-order valence-electron chi connectivity index (χ0n) is 40.8. The number of aromatic amines is 1. The minimum atomic E-state index is -0.650. The van der Waals surface area contributed by atoms with E-state index in [1.807, 2.05) is 65.0 Å². The number of aryl methyl sites for hydroxylation is 2. The number of ether oxygens (including phenoxy) is 1. The normalized spacial score (nSPS) is 12.4. The molecule has 8 rings (SSSR count). The van der Waals surface area contributed by atoms with E-state index in [2.05, 4.69) is 94.8 Å². The lowest BCUT2D eigenvalue weighted by molar-refractivity contribution is -0.156. The maximum atomic E-state index is 13.2. The lowest BCUT2D eigenvalue weighted by Crippen LogP contribution is -2.40. The maximum Gasteiger partial charge on any atom is 0.312 e. The van der Waals surface area contributed by atoms with E-state index >= 15 is 0 Å². The highest BCUT2D eigenvalue weighted by Crippen LogP contribution is 2.33. The highest BCUT2D eigenvalue weighted by molar-refractivity contribution is 6.06. The number of rotatable bonds is 8. The number of hydrogen-bond acceptors (Lipinski definition) is 10. The van der Waals surface area contributed by atoms with E-state index in [0.717, 1.165) is 27.5 Å². The molecule has 0 fully saturated rings. The van der Waals surface area contributed by atoms with Crippen molar-refractivity contribution in [3.05, 3.63) is 83.4 Å². The molecule has 6 aromatic heterocycles. The number of amides is 2. The van der Waals surface area contributed by atoms with Crippen LogP contribution in [0, 0.1) is 5.41 Å². The number of nitrogens with zero attached hydrogens (tertiary/aromatic N) is 9. The summed E-state index contributed by atoms with van der Waals surface area (Å²) in [5, 5.41) is 17.4. The van der Waals surface area contributed by atoms with Gasteiger partial charge in [0.25, 0.3) is 11.8 Å². The fourth-order valence-electron chi connectivity index (χ4n) is 7.43. The van der Waals surface area contributed by atoms with Gasteiger partial charge in [-0.1, -0.05) is 39.8 Å². The van der Waals surface area contributed by atoms with Crippen LogP contribution in [0.4, 0.5) is 0 Å². The molecule has 0 spiro atoms. The number of hydrogen-bond donors (Lipinski definition) is 3. The number of H-pyrrole nitrogens is 1. The molecule has 2 amide bonds. The van der Waals surface area contributed by atoms with Crippen LogP contribution in [0.25, 0.3) is 66.9 Å². The number of benzene rings is 2. The van der Waals surface area contributed by atoms with E-state index in [1.165, 1.54) is 11.1 Å². The van der Waals surface area contributed by atoms with Gasteiger partial charge < -0.3 is 20.4 Å². The highest BCUT2D eigenvalue weighted by atomic mass is 16.5. The van der Waals surface area contributed by atoms with Crippen molar-refractivity contribution in [1.82, 2.24) is 59.7 Å². The third-order valence-electron chi connectivity index (χ3n) is 10.9. The number of carbonyl (C=O) groups is 3. The molecular weight excluding hydrogens is 833 g/mol. The largest absolute Gasteiger partial charge is 0.443 e. The number of carbonyl (C=O) groups excluding carboxylic acids is 3. The van der Waals surface area contributed by atoms with Gasteiger partial charge in [-0.15, -0.1) is 0 Å². The quantitative estimate of drug-likeness (QED) is 0.124. The summed E-state index contributed by atoms with van der Waals surface area (Å²) in [4.78, 5) is 60.1. The van der Waals surface area contributed by atoms with Gasteiger partial charge in [-0.05, 0) is 110 Å². The van der Waals surface area contributed by atoms with Crippen LogP contribution in [-0.4, -0.2) is 77.9 Å². The van der Waals surface area contributed by atoms with E-state index in [9.17, 15) is 14.4 Å². The summed E-state index contributed by atoms with van der Waals surface area (Å²) in [6, 6.07) is 12.7. The van der Waals surface area contributed by atoms with E-state index < -0.39 is 11.0 Å². The zero-order chi connectivity index (χ0) is 48.2. The first-order chi connectivity index (χ1) is 30.8. The Morgan fingerprint density at radius 2 is 1.17 bits per heavy atom. The smallest absolute Gasteiger partial charge is 0.312 e. The van der Waals surface area contributed by atoms with Crippen LogP contribution in [0.3, 0.4) is 0 Å². The lowest BCUT2D eigenvalue weighted by Gasteiger charge is -2.20. The molecule has 0 aliphatic rings. The average molecular weight is 895 g/mol. The molecule has 16 heteroatoms. The predicted octanol–water partition coefficient (Wildman–Crippen LogP) is 9.35. The van der Waals surface area contributed by atoms with Gasteiger partial charge in [0.2, 0.25) is 0 Å². The SMILES string of the molecule is CC(C)c1ccc2c(c1)c(-c1cnc3[nH]cc(C(=O)NC(C)(C)C)c3n1)nn2C.CC(C)c1ccc2c(c1)c(-c1cnc3c(n1)c(C(=O)NC(C)(C)C)cn3COC(=O)C(C)(C)C)nn2C. The van der Waals surface area contributed by atoms with Crippen molar-refractivity contribution in [3.63, 3.8) is 0 Å². The Kier molecular flexibility index (Phi) is 12.4. The third-order valence-corrected chi connectivity index (χ3v) is 10.9. The van der Waals surface area contributed by atoms with Crippen LogP contribution in [0.1, 0.15) is 134 Å². The van der Waals surface area contributed by atoms with Crippen LogP contribution in [0.5, 0.6) is 0 Å². The Morgan fingerprint density at radius 1 is 0.682 bits per heavy atom. The van der Waals surface area contributed by atoms with Gasteiger partial charge in [-0.3, -0.25) is 28.3 Å². The summed E-state index contributed by atoms with van der Waals surface area (Å²) in [5.74, 6) is -0.0246. The van der Waals surface area contributed by atoms with Gasteiger partial charge in [-0.2, -0.15) is 10.2 Å². The molecule has 0 bridgehead atoms. The maximum absolute atomic E-state index is 13.2. The van der Waals surface area contributed by atoms with Crippen molar-refractivity contribution in [1.29, 1.82) is 0 Å². The van der Waals surface area contributed by atoms with Gasteiger partial charge >= 0.3 is 5.97 Å². The summed E-state index contributed by atoms with van der Waals surface area (Å²) < 4.78 is 10.8. The lowest BCUT2D eigenvalue weighted by atomic mass is 9.98. The first-order valence-corrected chi connectivity index (χ1v) is 22.3. The Labute approximate surface area is 385 Å². The molecule has 0 saturated heterocycles. The third kappa shape index (κ3) is 9.82. The molecule has 3 N–H and O–H groups in total. The van der Waals surface area contributed by atoms with E-state index in [-0.39, 0.29) is 30.1 Å². The monoisotopic (exact) mass is 895 g/mol. The van der Waals surface area contributed by atoms with Crippen LogP contribution < -0.4 is 10.6 Å². The highest BCUT2D eigenvalue weighted by Gasteiger charge is 2.27. The van der Waals surface area contributed by atoms with Crippen molar-refractivity contribution in [2.24, 2.45) is 19.5 Å². The fourth-order valence-corrected chi connectivity index (χ4v) is 7.43. The summed E-state index contributed by atoms with van der Waals surface area (Å²) >= 11 is 0. The second-order valence-electron chi connectivity index (χ2n) is 20.6. The minimum Gasteiger partial charge on any atom is -0.443 e. The Bertz CT molecular complexity index is 3140. The van der Waals surface area contributed by atoms with Crippen molar-refractivity contribution < 1.29 is 19.1 Å². The van der Waals surface area contributed by atoms with Crippen LogP contribution in [0.2, 0.25) is 0 Å². The van der Waals surface area contributed by atoms with Gasteiger partial charge in [0, 0.05) is 48.3 Å². The number of aromatic nitrogens is 10. The Balaban J connectivity index is 0.000000202. The molecule has 0 saturated carbocycles. The summed E-state index contributed by atoms with van der Waals surface area (Å²) in [6.07, 6.45) is 6.65. The molecule has 2 aromatic carbocycles. The molecule has 0 unspecified atom stereocenters. The number of fused-ring (bicyclic) bond motifs is 4. The molecule has 0 radical (unpaired) electrons. The Morgan fingerprint density at radius 3 is 1.65 bits per heavy atom. The molecule has 0 aliphatic carbocycles. The van der Waals surface area contributed by atoms with E-state index in [0.29, 0.717) is 62.4 Å². The molecular formula is C50H62N12O4. The van der Waals surface area contributed by atoms with Crippen molar-refractivity contribution >= 4 is 61.9 Å². The molecule has 346 valence electrons. The van der Waals surface area contributed by atoms with Crippen LogP contribution >= 0.6 is 0 Å². The average Bonchev–Trinajstić information content (AvgIpc) is 3.99.